The summed E-state index contributed by atoms with van der Waals surface area (Å²) in [5.74, 6) is 1.41. The van der Waals surface area contributed by atoms with Crippen molar-refractivity contribution in [2.45, 2.75) is 5.88 Å². The molecule has 0 aliphatic heterocycles. The molecule has 0 aromatic heterocycles. The maximum atomic E-state index is 12.2. The molecule has 0 fully saturated rings. The highest BCUT2D eigenvalue weighted by Crippen LogP contribution is 2.29. The molecule has 110 valence electrons. The summed E-state index contributed by atoms with van der Waals surface area (Å²) in [5, 5.41) is 2.81. The maximum absolute atomic E-state index is 12.2. The van der Waals surface area contributed by atoms with Crippen LogP contribution < -0.4 is 14.8 Å². The fourth-order valence-electron chi connectivity index (χ4n) is 1.86. The summed E-state index contributed by atoms with van der Waals surface area (Å²) < 4.78 is 10.4. The van der Waals surface area contributed by atoms with Gasteiger partial charge in [-0.2, -0.15) is 0 Å². The Kier molecular flexibility index (Phi) is 5.06. The van der Waals surface area contributed by atoms with Crippen LogP contribution in [0.2, 0.25) is 0 Å². The topological polar surface area (TPSA) is 47.6 Å². The van der Waals surface area contributed by atoms with E-state index in [1.54, 1.807) is 44.6 Å². The van der Waals surface area contributed by atoms with E-state index in [9.17, 15) is 4.79 Å². The number of rotatable bonds is 5. The van der Waals surface area contributed by atoms with E-state index in [-0.39, 0.29) is 5.91 Å². The molecule has 21 heavy (non-hydrogen) atoms. The molecule has 4 nitrogen and oxygen atoms in total. The fraction of sp³-hybridized carbons (Fsp3) is 0.188. The van der Waals surface area contributed by atoms with Gasteiger partial charge in [0.15, 0.2) is 11.5 Å². The Morgan fingerprint density at radius 2 is 1.71 bits per heavy atom. The van der Waals surface area contributed by atoms with Gasteiger partial charge in [0, 0.05) is 23.2 Å². The van der Waals surface area contributed by atoms with E-state index < -0.39 is 0 Å². The first-order valence-corrected chi connectivity index (χ1v) is 6.89. The minimum atomic E-state index is -0.191. The van der Waals surface area contributed by atoms with Crippen molar-refractivity contribution >= 4 is 23.2 Å². The predicted molar refractivity (Wildman–Crippen MR) is 83.5 cm³/mol. The number of halogens is 1. The first-order chi connectivity index (χ1) is 10.2. The van der Waals surface area contributed by atoms with Crippen LogP contribution in [0.5, 0.6) is 11.5 Å². The van der Waals surface area contributed by atoms with Gasteiger partial charge >= 0.3 is 0 Å². The Labute approximate surface area is 128 Å². The van der Waals surface area contributed by atoms with Crippen LogP contribution in [-0.2, 0) is 5.88 Å². The molecular weight excluding hydrogens is 290 g/mol. The van der Waals surface area contributed by atoms with Crippen molar-refractivity contribution in [1.29, 1.82) is 0 Å². The van der Waals surface area contributed by atoms with Crippen LogP contribution >= 0.6 is 11.6 Å². The van der Waals surface area contributed by atoms with Crippen molar-refractivity contribution in [2.75, 3.05) is 19.5 Å². The zero-order chi connectivity index (χ0) is 15.2. The number of anilines is 1. The van der Waals surface area contributed by atoms with Gasteiger partial charge in [-0.25, -0.2) is 0 Å². The average molecular weight is 306 g/mol. The van der Waals surface area contributed by atoms with E-state index in [4.69, 9.17) is 21.1 Å². The third-order valence-corrected chi connectivity index (χ3v) is 3.32. The van der Waals surface area contributed by atoms with Gasteiger partial charge in [0.05, 0.1) is 14.2 Å². The van der Waals surface area contributed by atoms with Gasteiger partial charge in [-0.15, -0.1) is 11.6 Å². The summed E-state index contributed by atoms with van der Waals surface area (Å²) in [5.41, 5.74) is 2.18. The summed E-state index contributed by atoms with van der Waals surface area (Å²) in [6.45, 7) is 0. The quantitative estimate of drug-likeness (QED) is 0.857. The Bertz CT molecular complexity index is 626. The highest BCUT2D eigenvalue weighted by molar-refractivity contribution is 6.17. The van der Waals surface area contributed by atoms with Crippen molar-refractivity contribution in [3.63, 3.8) is 0 Å². The third kappa shape index (κ3) is 3.67. The minimum Gasteiger partial charge on any atom is -0.493 e. The van der Waals surface area contributed by atoms with Crippen molar-refractivity contribution in [3.05, 3.63) is 53.6 Å². The number of nitrogens with one attached hydrogen (secondary N) is 1. The second-order valence-electron chi connectivity index (χ2n) is 4.35. The number of carbonyl (C=O) groups is 1. The predicted octanol–water partition coefficient (Wildman–Crippen LogP) is 3.69. The highest BCUT2D eigenvalue weighted by atomic mass is 35.5. The van der Waals surface area contributed by atoms with Gasteiger partial charge in [0.1, 0.15) is 0 Å². The van der Waals surface area contributed by atoms with Gasteiger partial charge in [0.25, 0.3) is 5.91 Å². The molecular formula is C16H16ClNO3. The number of carbonyl (C=O) groups excluding carboxylic acids is 1. The van der Waals surface area contributed by atoms with Gasteiger partial charge in [-0.1, -0.05) is 12.1 Å². The Morgan fingerprint density at radius 3 is 2.29 bits per heavy atom. The molecule has 1 amide bonds. The molecule has 0 saturated heterocycles. The molecule has 0 bridgehead atoms. The molecule has 0 aliphatic rings. The molecule has 1 N–H and O–H groups in total. The van der Waals surface area contributed by atoms with Crippen LogP contribution in [0, 0.1) is 0 Å². The number of benzene rings is 2. The Balaban J connectivity index is 2.14. The Hall–Kier alpha value is -2.20. The van der Waals surface area contributed by atoms with Crippen molar-refractivity contribution in [1.82, 2.24) is 0 Å². The normalized spacial score (nSPS) is 10.0. The zero-order valence-electron chi connectivity index (χ0n) is 11.9. The van der Waals surface area contributed by atoms with E-state index >= 15 is 0 Å². The third-order valence-electron chi connectivity index (χ3n) is 3.01. The highest BCUT2D eigenvalue weighted by Gasteiger charge is 2.09. The number of hydrogen-bond acceptors (Lipinski definition) is 3. The van der Waals surface area contributed by atoms with E-state index in [1.807, 2.05) is 12.1 Å². The zero-order valence-corrected chi connectivity index (χ0v) is 12.6. The second-order valence-corrected chi connectivity index (χ2v) is 4.62. The molecule has 0 saturated carbocycles. The van der Waals surface area contributed by atoms with E-state index in [0.29, 0.717) is 28.6 Å². The lowest BCUT2D eigenvalue weighted by Gasteiger charge is -2.10. The van der Waals surface area contributed by atoms with E-state index in [2.05, 4.69) is 5.32 Å². The first-order valence-electron chi connectivity index (χ1n) is 6.36. The van der Waals surface area contributed by atoms with Crippen LogP contribution in [0.4, 0.5) is 5.69 Å². The van der Waals surface area contributed by atoms with Gasteiger partial charge in [0.2, 0.25) is 0 Å². The number of methoxy groups -OCH3 is 2. The summed E-state index contributed by atoms with van der Waals surface area (Å²) in [6.07, 6.45) is 0. The SMILES string of the molecule is COc1ccc(NC(=O)c2ccc(CCl)cc2)cc1OC. The number of ether oxygens (including phenoxy) is 2. The maximum Gasteiger partial charge on any atom is 0.255 e. The van der Waals surface area contributed by atoms with E-state index in [0.717, 1.165) is 5.56 Å². The molecule has 0 unspecified atom stereocenters. The number of hydrogen-bond donors (Lipinski definition) is 1. The summed E-state index contributed by atoms with van der Waals surface area (Å²) >= 11 is 5.72. The fourth-order valence-corrected chi connectivity index (χ4v) is 2.04. The molecule has 2 aromatic carbocycles. The number of amides is 1. The van der Waals surface area contributed by atoms with Crippen LogP contribution in [0.3, 0.4) is 0 Å². The van der Waals surface area contributed by atoms with Crippen molar-refractivity contribution in [2.24, 2.45) is 0 Å². The molecule has 0 aliphatic carbocycles. The molecule has 2 aromatic rings. The Morgan fingerprint density at radius 1 is 1.05 bits per heavy atom. The first kappa shape index (κ1) is 15.2. The molecule has 0 radical (unpaired) electrons. The number of alkyl halides is 1. The molecule has 0 atom stereocenters. The molecule has 0 spiro atoms. The van der Waals surface area contributed by atoms with Crippen LogP contribution in [-0.4, -0.2) is 20.1 Å². The lowest BCUT2D eigenvalue weighted by molar-refractivity contribution is 0.102. The lowest BCUT2D eigenvalue weighted by atomic mass is 10.1. The van der Waals surface area contributed by atoms with Crippen LogP contribution in [0.15, 0.2) is 42.5 Å². The monoisotopic (exact) mass is 305 g/mol. The van der Waals surface area contributed by atoms with E-state index in [1.165, 1.54) is 0 Å². The van der Waals surface area contributed by atoms with Crippen molar-refractivity contribution < 1.29 is 14.3 Å². The van der Waals surface area contributed by atoms with Gasteiger partial charge in [-0.3, -0.25) is 4.79 Å². The molecule has 2 rings (SSSR count). The smallest absolute Gasteiger partial charge is 0.255 e. The molecule has 5 heteroatoms. The largest absolute Gasteiger partial charge is 0.493 e. The lowest BCUT2D eigenvalue weighted by Crippen LogP contribution is -2.11. The van der Waals surface area contributed by atoms with Gasteiger partial charge in [-0.05, 0) is 29.8 Å². The summed E-state index contributed by atoms with van der Waals surface area (Å²) in [7, 11) is 3.11. The standard InChI is InChI=1S/C16H16ClNO3/c1-20-14-8-7-13(9-15(14)21-2)18-16(19)12-5-3-11(10-17)4-6-12/h3-9H,10H2,1-2H3,(H,18,19). The van der Waals surface area contributed by atoms with Crippen molar-refractivity contribution in [3.8, 4) is 11.5 Å². The summed E-state index contributed by atoms with van der Waals surface area (Å²) in [6, 6.07) is 12.4. The van der Waals surface area contributed by atoms with Gasteiger partial charge < -0.3 is 14.8 Å². The summed E-state index contributed by atoms with van der Waals surface area (Å²) in [4.78, 5) is 12.2. The second kappa shape index (κ2) is 6.99. The van der Waals surface area contributed by atoms with Crippen LogP contribution in [0.25, 0.3) is 0 Å². The molecule has 0 heterocycles. The van der Waals surface area contributed by atoms with Crippen LogP contribution in [0.1, 0.15) is 15.9 Å². The minimum absolute atomic E-state index is 0.191. The average Bonchev–Trinajstić information content (AvgIpc) is 2.54.